The lowest BCUT2D eigenvalue weighted by molar-refractivity contribution is -0.221. The van der Waals surface area contributed by atoms with Crippen LogP contribution in [0.1, 0.15) is 6.42 Å². The Morgan fingerprint density at radius 3 is 2.18 bits per heavy atom. The summed E-state index contributed by atoms with van der Waals surface area (Å²) in [6.07, 6.45) is -4.56. The fraction of sp³-hybridized carbons (Fsp3) is 1.00. The molecule has 1 atom stereocenters. The van der Waals surface area contributed by atoms with E-state index in [1.165, 1.54) is 0 Å². The lowest BCUT2D eigenvalue weighted by Gasteiger charge is -2.27. The summed E-state index contributed by atoms with van der Waals surface area (Å²) in [5.41, 5.74) is -2.10. The first kappa shape index (κ1) is 8.77. The summed E-state index contributed by atoms with van der Waals surface area (Å²) in [6.45, 7) is -1.35. The second-order valence-electron chi connectivity index (χ2n) is 2.84. The van der Waals surface area contributed by atoms with Crippen LogP contribution >= 0.6 is 0 Å². The van der Waals surface area contributed by atoms with Crippen molar-refractivity contribution in [1.29, 1.82) is 0 Å². The van der Waals surface area contributed by atoms with E-state index in [1.54, 1.807) is 0 Å². The Kier molecular flexibility index (Phi) is 2.09. The molecule has 1 aliphatic heterocycles. The fourth-order valence-corrected chi connectivity index (χ4v) is 1.18. The Hall–Kier alpha value is -0.320. The van der Waals surface area contributed by atoms with E-state index in [-0.39, 0.29) is 19.5 Å². The van der Waals surface area contributed by atoms with Crippen LogP contribution in [-0.4, -0.2) is 25.9 Å². The Morgan fingerprint density at radius 1 is 1.36 bits per heavy atom. The maximum absolute atomic E-state index is 12.1. The van der Waals surface area contributed by atoms with Crippen molar-refractivity contribution in [2.24, 2.45) is 5.41 Å². The highest BCUT2D eigenvalue weighted by Crippen LogP contribution is 2.42. The molecule has 5 heteroatoms. The number of rotatable bonds is 1. The van der Waals surface area contributed by atoms with Crippen molar-refractivity contribution in [2.45, 2.75) is 12.6 Å². The Bertz CT molecular complexity index is 136. The molecule has 0 aliphatic carbocycles. The van der Waals surface area contributed by atoms with E-state index in [9.17, 15) is 17.6 Å². The molecule has 0 unspecified atom stereocenters. The normalized spacial score (nSPS) is 32.7. The third-order valence-electron chi connectivity index (χ3n) is 2.10. The highest BCUT2D eigenvalue weighted by atomic mass is 19.4. The molecule has 0 bridgehead atoms. The standard InChI is InChI=1S/C6H9F4N/c7-3-5(6(8,9)10)1-2-11-4-5/h11H,1-4H2/t5-/m1/s1. The van der Waals surface area contributed by atoms with Gasteiger partial charge in [-0.2, -0.15) is 13.2 Å². The minimum Gasteiger partial charge on any atom is -0.316 e. The van der Waals surface area contributed by atoms with Crippen LogP contribution in [0.2, 0.25) is 0 Å². The molecule has 0 radical (unpaired) electrons. The second kappa shape index (κ2) is 2.62. The molecule has 0 aromatic heterocycles. The van der Waals surface area contributed by atoms with Crippen LogP contribution in [0.3, 0.4) is 0 Å². The van der Waals surface area contributed by atoms with Crippen molar-refractivity contribution < 1.29 is 17.6 Å². The van der Waals surface area contributed by atoms with Gasteiger partial charge in [0.05, 0.1) is 0 Å². The second-order valence-corrected chi connectivity index (χ2v) is 2.84. The zero-order chi connectivity index (χ0) is 8.54. The smallest absolute Gasteiger partial charge is 0.316 e. The van der Waals surface area contributed by atoms with E-state index in [0.29, 0.717) is 0 Å². The Balaban J connectivity index is 2.75. The minimum atomic E-state index is -4.41. The lowest BCUT2D eigenvalue weighted by atomic mass is 9.88. The van der Waals surface area contributed by atoms with Crippen LogP contribution in [0.15, 0.2) is 0 Å². The molecule has 66 valence electrons. The summed E-state index contributed by atoms with van der Waals surface area (Å²) >= 11 is 0. The molecule has 0 spiro atoms. The monoisotopic (exact) mass is 171 g/mol. The van der Waals surface area contributed by atoms with Crippen LogP contribution < -0.4 is 5.32 Å². The summed E-state index contributed by atoms with van der Waals surface area (Å²) in [7, 11) is 0. The summed E-state index contributed by atoms with van der Waals surface area (Å²) in [5, 5.41) is 2.51. The molecule has 0 amide bonds. The molecule has 0 aromatic carbocycles. The zero-order valence-corrected chi connectivity index (χ0v) is 5.84. The molecule has 1 heterocycles. The van der Waals surface area contributed by atoms with E-state index >= 15 is 0 Å². The van der Waals surface area contributed by atoms with Gasteiger partial charge in [-0.1, -0.05) is 0 Å². The van der Waals surface area contributed by atoms with Gasteiger partial charge in [0, 0.05) is 6.54 Å². The largest absolute Gasteiger partial charge is 0.398 e. The van der Waals surface area contributed by atoms with Crippen molar-refractivity contribution in [2.75, 3.05) is 19.8 Å². The van der Waals surface area contributed by atoms with Crippen LogP contribution in [0.25, 0.3) is 0 Å². The topological polar surface area (TPSA) is 12.0 Å². The van der Waals surface area contributed by atoms with E-state index in [0.717, 1.165) is 0 Å². The van der Waals surface area contributed by atoms with Gasteiger partial charge < -0.3 is 5.32 Å². The van der Waals surface area contributed by atoms with Gasteiger partial charge in [0.1, 0.15) is 12.1 Å². The molecule has 1 nitrogen and oxygen atoms in total. The predicted octanol–water partition coefficient (Wildman–Crippen LogP) is 1.50. The van der Waals surface area contributed by atoms with Gasteiger partial charge in [-0.15, -0.1) is 0 Å². The summed E-state index contributed by atoms with van der Waals surface area (Å²) in [5.74, 6) is 0. The van der Waals surface area contributed by atoms with Gasteiger partial charge in [0.2, 0.25) is 0 Å². The molecule has 1 aliphatic rings. The third-order valence-corrected chi connectivity index (χ3v) is 2.10. The lowest BCUT2D eigenvalue weighted by Crippen LogP contribution is -2.41. The average Bonchev–Trinajstić information content (AvgIpc) is 2.33. The quantitative estimate of drug-likeness (QED) is 0.589. The Morgan fingerprint density at radius 2 is 2.00 bits per heavy atom. The number of hydrogen-bond donors (Lipinski definition) is 1. The van der Waals surface area contributed by atoms with E-state index in [1.807, 2.05) is 0 Å². The first-order valence-electron chi connectivity index (χ1n) is 3.35. The van der Waals surface area contributed by atoms with Crippen molar-refractivity contribution in [3.63, 3.8) is 0 Å². The average molecular weight is 171 g/mol. The van der Waals surface area contributed by atoms with Crippen molar-refractivity contribution >= 4 is 0 Å². The van der Waals surface area contributed by atoms with Crippen LogP contribution in [0, 0.1) is 5.41 Å². The minimum absolute atomic E-state index is 0.146. The van der Waals surface area contributed by atoms with Gasteiger partial charge in [0.25, 0.3) is 0 Å². The molecule has 1 fully saturated rings. The summed E-state index contributed by atoms with van der Waals surface area (Å²) in [4.78, 5) is 0. The molecular weight excluding hydrogens is 162 g/mol. The van der Waals surface area contributed by atoms with Gasteiger partial charge >= 0.3 is 6.18 Å². The molecular formula is C6H9F4N. The zero-order valence-electron chi connectivity index (χ0n) is 5.84. The number of alkyl halides is 4. The number of hydrogen-bond acceptors (Lipinski definition) is 1. The first-order chi connectivity index (χ1) is 5.02. The molecule has 0 saturated carbocycles. The van der Waals surface area contributed by atoms with E-state index in [4.69, 9.17) is 0 Å². The number of nitrogens with one attached hydrogen (secondary N) is 1. The maximum atomic E-state index is 12.1. The molecule has 0 aromatic rings. The number of halogens is 4. The maximum Gasteiger partial charge on any atom is 0.398 e. The van der Waals surface area contributed by atoms with Crippen LogP contribution in [-0.2, 0) is 0 Å². The van der Waals surface area contributed by atoms with Crippen LogP contribution in [0.4, 0.5) is 17.6 Å². The molecule has 11 heavy (non-hydrogen) atoms. The molecule has 1 N–H and O–H groups in total. The van der Waals surface area contributed by atoms with Crippen molar-refractivity contribution in [3.8, 4) is 0 Å². The third kappa shape index (κ3) is 1.34. The fourth-order valence-electron chi connectivity index (χ4n) is 1.18. The van der Waals surface area contributed by atoms with Crippen molar-refractivity contribution in [3.05, 3.63) is 0 Å². The van der Waals surface area contributed by atoms with Crippen LogP contribution in [0.5, 0.6) is 0 Å². The van der Waals surface area contributed by atoms with Gasteiger partial charge in [-0.25, -0.2) is 0 Å². The van der Waals surface area contributed by atoms with Gasteiger partial charge in [-0.05, 0) is 13.0 Å². The highest BCUT2D eigenvalue weighted by molar-refractivity contribution is 4.93. The van der Waals surface area contributed by atoms with E-state index < -0.39 is 18.3 Å². The highest BCUT2D eigenvalue weighted by Gasteiger charge is 2.56. The Labute approximate surface area is 61.8 Å². The molecule has 1 rings (SSSR count). The molecule has 1 saturated heterocycles. The predicted molar refractivity (Wildman–Crippen MR) is 31.9 cm³/mol. The summed E-state index contributed by atoms with van der Waals surface area (Å²) in [6, 6.07) is 0. The first-order valence-corrected chi connectivity index (χ1v) is 3.35. The van der Waals surface area contributed by atoms with Gasteiger partial charge in [0.15, 0.2) is 0 Å². The van der Waals surface area contributed by atoms with Crippen molar-refractivity contribution in [1.82, 2.24) is 5.32 Å². The summed E-state index contributed by atoms with van der Waals surface area (Å²) < 4.78 is 48.5. The SMILES string of the molecule is FC[C@]1(C(F)(F)F)CCNC1. The van der Waals surface area contributed by atoms with Gasteiger partial charge in [-0.3, -0.25) is 4.39 Å². The van der Waals surface area contributed by atoms with E-state index in [2.05, 4.69) is 5.32 Å².